The molecule has 0 aliphatic heterocycles. The fourth-order valence-electron chi connectivity index (χ4n) is 2.17. The molecule has 3 aromatic rings. The second kappa shape index (κ2) is 5.32. The smallest absolute Gasteiger partial charge is 0.255 e. The molecule has 3 heterocycles. The summed E-state index contributed by atoms with van der Waals surface area (Å²) in [5, 5.41) is 0. The monoisotopic (exact) mass is 281 g/mol. The van der Waals surface area contributed by atoms with E-state index >= 15 is 0 Å². The van der Waals surface area contributed by atoms with Crippen molar-refractivity contribution < 1.29 is 4.79 Å². The molecule has 0 radical (unpaired) electrons. The number of pyridine rings is 1. The second-order valence-corrected chi connectivity index (χ2v) is 4.84. The molecule has 1 atom stereocenters. The third-order valence-electron chi connectivity index (χ3n) is 3.57. The van der Waals surface area contributed by atoms with Gasteiger partial charge in [-0.3, -0.25) is 4.79 Å². The number of hydrogen-bond donors (Lipinski definition) is 0. The number of fused-ring (bicyclic) bond motifs is 1. The number of imidazole rings is 1. The first-order valence-corrected chi connectivity index (χ1v) is 6.62. The second-order valence-electron chi connectivity index (χ2n) is 4.84. The predicted molar refractivity (Wildman–Crippen MR) is 77.7 cm³/mol. The molecular weight excluding hydrogens is 266 g/mol. The maximum absolute atomic E-state index is 12.6. The van der Waals surface area contributed by atoms with Gasteiger partial charge >= 0.3 is 0 Å². The minimum absolute atomic E-state index is 0.0586. The molecule has 0 aliphatic carbocycles. The van der Waals surface area contributed by atoms with Gasteiger partial charge in [-0.15, -0.1) is 0 Å². The lowest BCUT2D eigenvalue weighted by Crippen LogP contribution is -2.30. The molecule has 3 aromatic heterocycles. The van der Waals surface area contributed by atoms with Crippen molar-refractivity contribution in [2.24, 2.45) is 0 Å². The zero-order valence-corrected chi connectivity index (χ0v) is 11.8. The molecule has 0 N–H and O–H groups in total. The first-order chi connectivity index (χ1) is 10.2. The van der Waals surface area contributed by atoms with Crippen LogP contribution in [-0.4, -0.2) is 37.2 Å². The molecule has 6 nitrogen and oxygen atoms in total. The van der Waals surface area contributed by atoms with Crippen molar-refractivity contribution in [1.29, 1.82) is 0 Å². The van der Waals surface area contributed by atoms with Gasteiger partial charge in [0.05, 0.1) is 17.3 Å². The molecule has 21 heavy (non-hydrogen) atoms. The fraction of sp³-hybridized carbons (Fsp3) is 0.200. The summed E-state index contributed by atoms with van der Waals surface area (Å²) < 4.78 is 1.83. The average molecular weight is 281 g/mol. The molecule has 1 unspecified atom stereocenters. The first kappa shape index (κ1) is 13.2. The summed E-state index contributed by atoms with van der Waals surface area (Å²) in [5.74, 6) is -0.0586. The van der Waals surface area contributed by atoms with E-state index in [1.807, 2.05) is 29.7 Å². The zero-order valence-electron chi connectivity index (χ0n) is 11.8. The van der Waals surface area contributed by atoms with Crippen molar-refractivity contribution in [3.05, 3.63) is 60.6 Å². The van der Waals surface area contributed by atoms with Gasteiger partial charge in [-0.2, -0.15) is 0 Å². The number of amides is 1. The van der Waals surface area contributed by atoms with Crippen molar-refractivity contribution in [3.63, 3.8) is 0 Å². The Morgan fingerprint density at radius 1 is 1.24 bits per heavy atom. The summed E-state index contributed by atoms with van der Waals surface area (Å²) in [5.41, 5.74) is 2.24. The van der Waals surface area contributed by atoms with E-state index in [1.165, 1.54) is 6.33 Å². The highest BCUT2D eigenvalue weighted by Crippen LogP contribution is 2.18. The highest BCUT2D eigenvalue weighted by molar-refractivity contribution is 5.94. The molecule has 0 fully saturated rings. The molecule has 0 saturated heterocycles. The Bertz CT molecular complexity index is 768. The number of aromatic nitrogens is 4. The molecule has 1 amide bonds. The number of rotatable bonds is 3. The Hall–Kier alpha value is -2.76. The minimum atomic E-state index is -0.126. The van der Waals surface area contributed by atoms with Crippen LogP contribution in [0.3, 0.4) is 0 Å². The van der Waals surface area contributed by atoms with E-state index in [1.54, 1.807) is 36.6 Å². The van der Waals surface area contributed by atoms with Crippen molar-refractivity contribution in [2.75, 3.05) is 7.05 Å². The summed E-state index contributed by atoms with van der Waals surface area (Å²) in [6.45, 7) is 1.94. The van der Waals surface area contributed by atoms with Gasteiger partial charge in [-0.1, -0.05) is 0 Å². The molecule has 0 aromatic carbocycles. The van der Waals surface area contributed by atoms with Crippen LogP contribution in [0.15, 0.2) is 49.3 Å². The minimum Gasteiger partial charge on any atom is -0.333 e. The predicted octanol–water partition coefficient (Wildman–Crippen LogP) is 1.96. The lowest BCUT2D eigenvalue weighted by Gasteiger charge is -2.24. The molecule has 3 rings (SSSR count). The van der Waals surface area contributed by atoms with Crippen molar-refractivity contribution >= 4 is 11.6 Å². The number of carbonyl (C=O) groups excluding carboxylic acids is 1. The van der Waals surface area contributed by atoms with Crippen LogP contribution in [0.5, 0.6) is 0 Å². The van der Waals surface area contributed by atoms with Crippen molar-refractivity contribution in [2.45, 2.75) is 13.0 Å². The van der Waals surface area contributed by atoms with Crippen LogP contribution in [0.4, 0.5) is 0 Å². The van der Waals surface area contributed by atoms with Gasteiger partial charge in [0.1, 0.15) is 12.0 Å². The summed E-state index contributed by atoms with van der Waals surface area (Å²) in [6.07, 6.45) is 8.47. The Morgan fingerprint density at radius 3 is 2.86 bits per heavy atom. The van der Waals surface area contributed by atoms with Crippen LogP contribution < -0.4 is 0 Å². The molecule has 0 saturated carbocycles. The Labute approximate surface area is 122 Å². The van der Waals surface area contributed by atoms with E-state index in [-0.39, 0.29) is 11.9 Å². The van der Waals surface area contributed by atoms with E-state index < -0.39 is 0 Å². The van der Waals surface area contributed by atoms with Crippen LogP contribution in [0.25, 0.3) is 5.65 Å². The van der Waals surface area contributed by atoms with E-state index in [0.717, 1.165) is 11.3 Å². The number of carbonyl (C=O) groups is 1. The standard InChI is InChI=1S/C15H15N5O/c1-11(13-5-6-16-10-18-13)19(2)15(21)12-3-4-14-17-7-8-20(14)9-12/h3-11H,1-2H3. The molecule has 106 valence electrons. The average Bonchev–Trinajstić information content (AvgIpc) is 3.01. The maximum Gasteiger partial charge on any atom is 0.255 e. The zero-order chi connectivity index (χ0) is 14.8. The van der Waals surface area contributed by atoms with E-state index in [2.05, 4.69) is 15.0 Å². The Morgan fingerprint density at radius 2 is 2.10 bits per heavy atom. The van der Waals surface area contributed by atoms with Crippen molar-refractivity contribution in [1.82, 2.24) is 24.3 Å². The highest BCUT2D eigenvalue weighted by Gasteiger charge is 2.20. The summed E-state index contributed by atoms with van der Waals surface area (Å²) in [7, 11) is 1.77. The summed E-state index contributed by atoms with van der Waals surface area (Å²) >= 11 is 0. The lowest BCUT2D eigenvalue weighted by atomic mass is 10.1. The fourth-order valence-corrected chi connectivity index (χ4v) is 2.17. The Balaban J connectivity index is 1.86. The third-order valence-corrected chi connectivity index (χ3v) is 3.57. The molecule has 0 bridgehead atoms. The third kappa shape index (κ3) is 2.47. The van der Waals surface area contributed by atoms with Crippen molar-refractivity contribution in [3.8, 4) is 0 Å². The van der Waals surface area contributed by atoms with Gasteiger partial charge in [0.15, 0.2) is 0 Å². The Kier molecular flexibility index (Phi) is 3.35. The van der Waals surface area contributed by atoms with Gasteiger partial charge < -0.3 is 9.30 Å². The van der Waals surface area contributed by atoms with E-state index in [4.69, 9.17) is 0 Å². The summed E-state index contributed by atoms with van der Waals surface area (Å²) in [6, 6.07) is 5.30. The van der Waals surface area contributed by atoms with Crippen LogP contribution in [-0.2, 0) is 0 Å². The van der Waals surface area contributed by atoms with Gasteiger partial charge in [-0.25, -0.2) is 15.0 Å². The van der Waals surface area contributed by atoms with Gasteiger partial charge in [0.2, 0.25) is 0 Å². The SMILES string of the molecule is CC(c1ccncn1)N(C)C(=O)c1ccc2nccn2c1. The largest absolute Gasteiger partial charge is 0.333 e. The highest BCUT2D eigenvalue weighted by atomic mass is 16.2. The van der Waals surface area contributed by atoms with E-state index in [9.17, 15) is 4.79 Å². The number of hydrogen-bond acceptors (Lipinski definition) is 4. The van der Waals surface area contributed by atoms with Crippen LogP contribution in [0.2, 0.25) is 0 Å². The van der Waals surface area contributed by atoms with Gasteiger partial charge in [-0.05, 0) is 25.1 Å². The molecule has 0 spiro atoms. The lowest BCUT2D eigenvalue weighted by molar-refractivity contribution is 0.0739. The van der Waals surface area contributed by atoms with Gasteiger partial charge in [0.25, 0.3) is 5.91 Å². The molecular formula is C15H15N5O. The topological polar surface area (TPSA) is 63.4 Å². The molecule has 6 heteroatoms. The van der Waals surface area contributed by atoms with Crippen LogP contribution >= 0.6 is 0 Å². The van der Waals surface area contributed by atoms with Crippen LogP contribution in [0.1, 0.15) is 29.0 Å². The normalized spacial score (nSPS) is 12.3. The van der Waals surface area contributed by atoms with E-state index in [0.29, 0.717) is 5.56 Å². The molecule has 0 aliphatic rings. The van der Waals surface area contributed by atoms with Gasteiger partial charge in [0, 0.05) is 31.8 Å². The maximum atomic E-state index is 12.6. The van der Waals surface area contributed by atoms with Crippen LogP contribution in [0, 0.1) is 0 Å². The summed E-state index contributed by atoms with van der Waals surface area (Å²) in [4.78, 5) is 26.5. The first-order valence-electron chi connectivity index (χ1n) is 6.62. The quantitative estimate of drug-likeness (QED) is 0.736. The number of nitrogens with zero attached hydrogens (tertiary/aromatic N) is 5.